The summed E-state index contributed by atoms with van der Waals surface area (Å²) in [4.78, 5) is 2.45. The monoisotopic (exact) mass is 332 g/mol. The lowest BCUT2D eigenvalue weighted by atomic mass is 10.1. The largest absolute Gasteiger partial charge is 0.313 e. The zero-order chi connectivity index (χ0) is 15.2. The smallest absolute Gasteiger partial charge is 0.0730 e. The van der Waals surface area contributed by atoms with Crippen LogP contribution in [0.25, 0.3) is 0 Å². The molecule has 23 heavy (non-hydrogen) atoms. The molecule has 2 aromatic carbocycles. The molecule has 0 spiro atoms. The van der Waals surface area contributed by atoms with Gasteiger partial charge in [-0.1, -0.05) is 60.7 Å². The van der Waals surface area contributed by atoms with Crippen molar-refractivity contribution in [2.45, 2.75) is 25.4 Å². The molecular weight excluding hydrogens is 308 g/mol. The van der Waals surface area contributed by atoms with Crippen LogP contribution in [0.1, 0.15) is 30.0 Å². The van der Waals surface area contributed by atoms with Crippen molar-refractivity contribution in [3.8, 4) is 0 Å². The van der Waals surface area contributed by atoms with Crippen molar-refractivity contribution in [3.63, 3.8) is 0 Å². The lowest BCUT2D eigenvalue weighted by Crippen LogP contribution is -2.35. The number of hydroxylamine groups is 2. The van der Waals surface area contributed by atoms with Gasteiger partial charge in [0.15, 0.2) is 0 Å². The molecule has 1 atom stereocenters. The van der Waals surface area contributed by atoms with Gasteiger partial charge in [0, 0.05) is 13.1 Å². The van der Waals surface area contributed by atoms with Crippen LogP contribution in [0.2, 0.25) is 0 Å². The number of hydrogen-bond acceptors (Lipinski definition) is 3. The maximum absolute atomic E-state index is 10.7. The van der Waals surface area contributed by atoms with E-state index in [4.69, 9.17) is 0 Å². The fourth-order valence-electron chi connectivity index (χ4n) is 3.14. The van der Waals surface area contributed by atoms with Gasteiger partial charge in [0.2, 0.25) is 0 Å². The van der Waals surface area contributed by atoms with Crippen LogP contribution in [0.4, 0.5) is 0 Å². The van der Waals surface area contributed by atoms with Crippen LogP contribution in [0.15, 0.2) is 60.7 Å². The summed E-state index contributed by atoms with van der Waals surface area (Å²) in [6.07, 6.45) is 2.54. The minimum atomic E-state index is 0. The molecule has 1 fully saturated rings. The summed E-state index contributed by atoms with van der Waals surface area (Å²) >= 11 is 0. The van der Waals surface area contributed by atoms with Gasteiger partial charge in [-0.15, -0.1) is 12.4 Å². The lowest BCUT2D eigenvalue weighted by molar-refractivity contribution is -0.142. The Morgan fingerprint density at radius 3 is 2.09 bits per heavy atom. The highest BCUT2D eigenvalue weighted by Gasteiger charge is 2.23. The second-order valence-corrected chi connectivity index (χ2v) is 6.02. The molecule has 124 valence electrons. The lowest BCUT2D eigenvalue weighted by Gasteiger charge is -2.30. The molecule has 1 heterocycles. The van der Waals surface area contributed by atoms with E-state index in [1.54, 1.807) is 0 Å². The predicted octanol–water partition coefficient (Wildman–Crippen LogP) is 4.14. The van der Waals surface area contributed by atoms with Gasteiger partial charge in [0.05, 0.1) is 6.04 Å². The first-order valence-electron chi connectivity index (χ1n) is 8.09. The molecule has 2 aromatic rings. The van der Waals surface area contributed by atoms with Crippen LogP contribution in [0, 0.1) is 0 Å². The van der Waals surface area contributed by atoms with E-state index in [0.717, 1.165) is 25.2 Å². The van der Waals surface area contributed by atoms with Crippen molar-refractivity contribution < 1.29 is 5.21 Å². The van der Waals surface area contributed by atoms with E-state index in [0.29, 0.717) is 6.54 Å². The summed E-state index contributed by atoms with van der Waals surface area (Å²) in [6.45, 7) is 3.71. The first kappa shape index (κ1) is 18.0. The number of rotatable bonds is 6. The van der Waals surface area contributed by atoms with Gasteiger partial charge in [0.25, 0.3) is 0 Å². The number of hydrogen-bond donors (Lipinski definition) is 1. The molecular formula is C19H25ClN2O. The van der Waals surface area contributed by atoms with Gasteiger partial charge in [-0.05, 0) is 37.1 Å². The molecule has 0 aliphatic carbocycles. The third kappa shape index (κ3) is 5.05. The molecule has 1 unspecified atom stereocenters. The molecule has 0 aromatic heterocycles. The molecule has 0 amide bonds. The van der Waals surface area contributed by atoms with Crippen LogP contribution in [0.3, 0.4) is 0 Å². The Morgan fingerprint density at radius 2 is 1.48 bits per heavy atom. The van der Waals surface area contributed by atoms with Crippen LogP contribution in [-0.2, 0) is 6.54 Å². The molecule has 0 radical (unpaired) electrons. The molecule has 1 aliphatic rings. The molecule has 0 saturated carbocycles. The first-order valence-corrected chi connectivity index (χ1v) is 8.09. The third-order valence-corrected chi connectivity index (χ3v) is 4.36. The molecule has 1 saturated heterocycles. The summed E-state index contributed by atoms with van der Waals surface area (Å²) < 4.78 is 0. The minimum absolute atomic E-state index is 0. The van der Waals surface area contributed by atoms with Gasteiger partial charge in [-0.2, -0.15) is 5.06 Å². The average molecular weight is 333 g/mol. The molecule has 3 rings (SSSR count). The predicted molar refractivity (Wildman–Crippen MR) is 95.9 cm³/mol. The van der Waals surface area contributed by atoms with E-state index in [1.165, 1.54) is 23.5 Å². The molecule has 4 heteroatoms. The SMILES string of the molecule is Cl.ON(Cc1ccccc1)C(CN1CCCC1)c1ccccc1. The van der Waals surface area contributed by atoms with Crippen molar-refractivity contribution in [1.82, 2.24) is 9.96 Å². The minimum Gasteiger partial charge on any atom is -0.313 e. The normalized spacial score (nSPS) is 16.3. The van der Waals surface area contributed by atoms with Crippen molar-refractivity contribution in [2.75, 3.05) is 19.6 Å². The van der Waals surface area contributed by atoms with Gasteiger partial charge in [-0.3, -0.25) is 0 Å². The van der Waals surface area contributed by atoms with Crippen molar-refractivity contribution in [2.24, 2.45) is 0 Å². The Labute approximate surface area is 144 Å². The highest BCUT2D eigenvalue weighted by atomic mass is 35.5. The Balaban J connectivity index is 0.00000192. The van der Waals surface area contributed by atoms with Crippen LogP contribution in [0.5, 0.6) is 0 Å². The third-order valence-electron chi connectivity index (χ3n) is 4.36. The molecule has 1 N–H and O–H groups in total. The van der Waals surface area contributed by atoms with Crippen LogP contribution in [-0.4, -0.2) is 34.8 Å². The first-order chi connectivity index (χ1) is 10.8. The summed E-state index contributed by atoms with van der Waals surface area (Å²) in [5.41, 5.74) is 2.31. The standard InChI is InChI=1S/C19H24N2O.ClH/c22-21(15-17-9-3-1-4-10-17)19(16-20-13-7-8-14-20)18-11-5-2-6-12-18;/h1-6,9-12,19,22H,7-8,13-16H2;1H. The number of nitrogens with zero attached hydrogens (tertiary/aromatic N) is 2. The second kappa shape index (κ2) is 9.04. The summed E-state index contributed by atoms with van der Waals surface area (Å²) in [5, 5.41) is 12.2. The topological polar surface area (TPSA) is 26.7 Å². The van der Waals surface area contributed by atoms with E-state index in [2.05, 4.69) is 29.2 Å². The van der Waals surface area contributed by atoms with E-state index in [-0.39, 0.29) is 18.4 Å². The fourth-order valence-corrected chi connectivity index (χ4v) is 3.14. The Morgan fingerprint density at radius 1 is 0.913 bits per heavy atom. The second-order valence-electron chi connectivity index (χ2n) is 6.02. The van der Waals surface area contributed by atoms with E-state index >= 15 is 0 Å². The fraction of sp³-hybridized carbons (Fsp3) is 0.368. The van der Waals surface area contributed by atoms with Gasteiger partial charge in [-0.25, -0.2) is 0 Å². The highest BCUT2D eigenvalue weighted by molar-refractivity contribution is 5.85. The maximum atomic E-state index is 10.7. The molecule has 0 bridgehead atoms. The number of likely N-dealkylation sites (tertiary alicyclic amines) is 1. The number of benzene rings is 2. The van der Waals surface area contributed by atoms with E-state index in [9.17, 15) is 5.21 Å². The van der Waals surface area contributed by atoms with Gasteiger partial charge < -0.3 is 10.1 Å². The van der Waals surface area contributed by atoms with Crippen LogP contribution < -0.4 is 0 Å². The van der Waals surface area contributed by atoms with Crippen LogP contribution >= 0.6 is 12.4 Å². The van der Waals surface area contributed by atoms with E-state index < -0.39 is 0 Å². The van der Waals surface area contributed by atoms with E-state index in [1.807, 2.05) is 36.4 Å². The highest BCUT2D eigenvalue weighted by Crippen LogP contribution is 2.24. The summed E-state index contributed by atoms with van der Waals surface area (Å²) in [6, 6.07) is 20.5. The summed E-state index contributed by atoms with van der Waals surface area (Å²) in [7, 11) is 0. The zero-order valence-corrected chi connectivity index (χ0v) is 14.2. The Kier molecular flexibility index (Phi) is 7.06. The Hall–Kier alpha value is -1.39. The van der Waals surface area contributed by atoms with Gasteiger partial charge >= 0.3 is 0 Å². The number of halogens is 1. The molecule has 3 nitrogen and oxygen atoms in total. The molecule has 1 aliphatic heterocycles. The quantitative estimate of drug-likeness (QED) is 0.805. The van der Waals surface area contributed by atoms with Crippen molar-refractivity contribution in [3.05, 3.63) is 71.8 Å². The van der Waals surface area contributed by atoms with Crippen molar-refractivity contribution >= 4 is 12.4 Å². The van der Waals surface area contributed by atoms with Crippen molar-refractivity contribution in [1.29, 1.82) is 0 Å². The summed E-state index contributed by atoms with van der Waals surface area (Å²) in [5.74, 6) is 0. The average Bonchev–Trinajstić information content (AvgIpc) is 3.07. The van der Waals surface area contributed by atoms with Gasteiger partial charge in [0.1, 0.15) is 0 Å². The zero-order valence-electron chi connectivity index (χ0n) is 13.3. The Bertz CT molecular complexity index is 558. The maximum Gasteiger partial charge on any atom is 0.0730 e.